The summed E-state index contributed by atoms with van der Waals surface area (Å²) in [5, 5.41) is 3.08. The van der Waals surface area contributed by atoms with Crippen molar-refractivity contribution in [1.29, 1.82) is 0 Å². The van der Waals surface area contributed by atoms with Crippen LogP contribution in [0.1, 0.15) is 54.1 Å². The van der Waals surface area contributed by atoms with E-state index < -0.39 is 5.82 Å². The molecule has 2 aromatic rings. The van der Waals surface area contributed by atoms with Crippen molar-refractivity contribution >= 4 is 23.2 Å². The van der Waals surface area contributed by atoms with Crippen molar-refractivity contribution in [2.45, 2.75) is 52.5 Å². The van der Waals surface area contributed by atoms with E-state index in [9.17, 15) is 14.0 Å². The van der Waals surface area contributed by atoms with E-state index in [2.05, 4.69) is 23.2 Å². The number of aryl methyl sites for hydroxylation is 2. The highest BCUT2D eigenvalue weighted by Crippen LogP contribution is 2.30. The van der Waals surface area contributed by atoms with E-state index >= 15 is 0 Å². The zero-order valence-corrected chi connectivity index (χ0v) is 19.2. The number of carbonyl (C=O) groups is 2. The largest absolute Gasteiger partial charge is 0.371 e. The molecule has 1 unspecified atom stereocenters. The molecule has 2 saturated heterocycles. The van der Waals surface area contributed by atoms with Gasteiger partial charge < -0.3 is 15.1 Å². The van der Waals surface area contributed by atoms with Crippen molar-refractivity contribution in [2.75, 3.05) is 29.9 Å². The quantitative estimate of drug-likeness (QED) is 0.739. The molecule has 0 bridgehead atoms. The Morgan fingerprint density at radius 1 is 1.00 bits per heavy atom. The maximum atomic E-state index is 14.4. The maximum absolute atomic E-state index is 14.4. The Balaban J connectivity index is 1.50. The molecule has 2 aliphatic heterocycles. The predicted octanol–water partition coefficient (Wildman–Crippen LogP) is 4.92. The monoisotopic (exact) mass is 437 g/mol. The van der Waals surface area contributed by atoms with Gasteiger partial charge in [-0.3, -0.25) is 9.59 Å². The number of amides is 2. The van der Waals surface area contributed by atoms with Crippen LogP contribution >= 0.6 is 0 Å². The van der Waals surface area contributed by atoms with E-state index in [1.54, 1.807) is 24.0 Å². The molecule has 170 valence electrons. The molecule has 2 amide bonds. The highest BCUT2D eigenvalue weighted by atomic mass is 19.1. The lowest BCUT2D eigenvalue weighted by atomic mass is 9.88. The first-order chi connectivity index (χ1) is 15.4. The van der Waals surface area contributed by atoms with Crippen molar-refractivity contribution in [1.82, 2.24) is 4.90 Å². The minimum Gasteiger partial charge on any atom is -0.371 e. The number of halogens is 1. The first kappa shape index (κ1) is 22.3. The lowest BCUT2D eigenvalue weighted by molar-refractivity contribution is -0.122. The topological polar surface area (TPSA) is 52.7 Å². The summed E-state index contributed by atoms with van der Waals surface area (Å²) in [6, 6.07) is 10.4. The Hall–Kier alpha value is -2.89. The third-order valence-corrected chi connectivity index (χ3v) is 6.94. The lowest BCUT2D eigenvalue weighted by Gasteiger charge is -2.39. The van der Waals surface area contributed by atoms with Gasteiger partial charge in [0.2, 0.25) is 5.91 Å². The Morgan fingerprint density at radius 2 is 1.75 bits per heavy atom. The summed E-state index contributed by atoms with van der Waals surface area (Å²) in [7, 11) is 0. The molecule has 1 N–H and O–H groups in total. The zero-order chi connectivity index (χ0) is 22.8. The summed E-state index contributed by atoms with van der Waals surface area (Å²) in [4.78, 5) is 30.4. The average molecular weight is 438 g/mol. The number of anilines is 2. The van der Waals surface area contributed by atoms with Gasteiger partial charge in [0.1, 0.15) is 5.82 Å². The molecule has 0 radical (unpaired) electrons. The smallest absolute Gasteiger partial charge is 0.257 e. The number of likely N-dealkylation sites (tertiary alicyclic amines) is 1. The third kappa shape index (κ3) is 4.36. The Kier molecular flexibility index (Phi) is 6.49. The van der Waals surface area contributed by atoms with Crippen LogP contribution < -0.4 is 10.2 Å². The van der Waals surface area contributed by atoms with E-state index in [-0.39, 0.29) is 29.3 Å². The second kappa shape index (κ2) is 9.31. The molecule has 5 nitrogen and oxygen atoms in total. The van der Waals surface area contributed by atoms with E-state index in [4.69, 9.17) is 0 Å². The minimum absolute atomic E-state index is 0.0866. The molecule has 2 aliphatic rings. The van der Waals surface area contributed by atoms with Crippen molar-refractivity contribution < 1.29 is 14.0 Å². The fourth-order valence-corrected chi connectivity index (χ4v) is 5.05. The molecular weight excluding hydrogens is 405 g/mol. The fourth-order valence-electron chi connectivity index (χ4n) is 5.05. The van der Waals surface area contributed by atoms with Gasteiger partial charge in [-0.1, -0.05) is 18.2 Å². The van der Waals surface area contributed by atoms with Crippen LogP contribution in [0.4, 0.5) is 15.8 Å². The molecular formula is C26H32FN3O2. The molecule has 2 aromatic carbocycles. The van der Waals surface area contributed by atoms with Crippen LogP contribution in [-0.2, 0) is 4.79 Å². The van der Waals surface area contributed by atoms with Crippen LogP contribution in [-0.4, -0.2) is 42.4 Å². The van der Waals surface area contributed by atoms with Gasteiger partial charge >= 0.3 is 0 Å². The SMILES string of the molecule is Cc1ccc(NC(=O)C2CCCN(C(=O)c3c(C)cccc3F)[C@H]2C)cc1N1CCCC1. The second-order valence-corrected chi connectivity index (χ2v) is 9.10. The molecule has 32 heavy (non-hydrogen) atoms. The van der Waals surface area contributed by atoms with Gasteiger partial charge in [0.25, 0.3) is 5.91 Å². The number of rotatable bonds is 4. The molecule has 0 spiro atoms. The summed E-state index contributed by atoms with van der Waals surface area (Å²) in [6.07, 6.45) is 3.81. The first-order valence-electron chi connectivity index (χ1n) is 11.6. The Morgan fingerprint density at radius 3 is 2.47 bits per heavy atom. The predicted molar refractivity (Wildman–Crippen MR) is 126 cm³/mol. The Bertz CT molecular complexity index is 996. The van der Waals surface area contributed by atoms with Gasteiger partial charge in [-0.05, 0) is 75.8 Å². The van der Waals surface area contributed by atoms with Gasteiger partial charge in [-0.15, -0.1) is 0 Å². The van der Waals surface area contributed by atoms with Crippen LogP contribution in [0.3, 0.4) is 0 Å². The van der Waals surface area contributed by atoms with Crippen LogP contribution in [0.2, 0.25) is 0 Å². The van der Waals surface area contributed by atoms with Gasteiger partial charge in [0.05, 0.1) is 11.5 Å². The Labute approximate surface area is 189 Å². The van der Waals surface area contributed by atoms with Crippen LogP contribution in [0, 0.1) is 25.6 Å². The molecule has 6 heteroatoms. The summed E-state index contributed by atoms with van der Waals surface area (Å²) in [6.45, 7) is 8.35. The van der Waals surface area contributed by atoms with Gasteiger partial charge in [0, 0.05) is 37.1 Å². The van der Waals surface area contributed by atoms with Crippen molar-refractivity contribution in [3.05, 3.63) is 58.9 Å². The van der Waals surface area contributed by atoms with Crippen molar-refractivity contribution in [2.24, 2.45) is 5.92 Å². The summed E-state index contributed by atoms with van der Waals surface area (Å²) in [5.41, 5.74) is 3.87. The highest BCUT2D eigenvalue weighted by molar-refractivity contribution is 5.98. The number of carbonyl (C=O) groups excluding carboxylic acids is 2. The van der Waals surface area contributed by atoms with Gasteiger partial charge in [-0.2, -0.15) is 0 Å². The van der Waals surface area contributed by atoms with Crippen LogP contribution in [0.5, 0.6) is 0 Å². The van der Waals surface area contributed by atoms with Crippen LogP contribution in [0.25, 0.3) is 0 Å². The van der Waals surface area contributed by atoms with E-state index in [0.29, 0.717) is 24.9 Å². The average Bonchev–Trinajstić information content (AvgIpc) is 3.29. The second-order valence-electron chi connectivity index (χ2n) is 9.10. The number of piperidine rings is 1. The molecule has 0 aromatic heterocycles. The number of nitrogens with one attached hydrogen (secondary N) is 1. The summed E-state index contributed by atoms with van der Waals surface area (Å²) >= 11 is 0. The number of hydrogen-bond acceptors (Lipinski definition) is 3. The zero-order valence-electron chi connectivity index (χ0n) is 19.2. The molecule has 0 aliphatic carbocycles. The van der Waals surface area contributed by atoms with E-state index in [1.165, 1.54) is 30.2 Å². The summed E-state index contributed by atoms with van der Waals surface area (Å²) < 4.78 is 14.4. The van der Waals surface area contributed by atoms with Crippen LogP contribution in [0.15, 0.2) is 36.4 Å². The minimum atomic E-state index is -0.511. The first-order valence-corrected chi connectivity index (χ1v) is 11.6. The molecule has 2 fully saturated rings. The van der Waals surface area contributed by atoms with Crippen molar-refractivity contribution in [3.8, 4) is 0 Å². The molecule has 2 atom stereocenters. The number of nitrogens with zero attached hydrogens (tertiary/aromatic N) is 2. The highest BCUT2D eigenvalue weighted by Gasteiger charge is 2.36. The molecule has 4 rings (SSSR count). The summed E-state index contributed by atoms with van der Waals surface area (Å²) in [5.74, 6) is -1.27. The molecule has 2 heterocycles. The third-order valence-electron chi connectivity index (χ3n) is 6.94. The van der Waals surface area contributed by atoms with E-state index in [1.807, 2.05) is 19.1 Å². The van der Waals surface area contributed by atoms with Gasteiger partial charge in [0.15, 0.2) is 0 Å². The molecule has 0 saturated carbocycles. The van der Waals surface area contributed by atoms with E-state index in [0.717, 1.165) is 18.8 Å². The fraction of sp³-hybridized carbons (Fsp3) is 0.462. The number of benzene rings is 2. The lowest BCUT2D eigenvalue weighted by Crippen LogP contribution is -2.50. The maximum Gasteiger partial charge on any atom is 0.257 e. The number of hydrogen-bond donors (Lipinski definition) is 1. The van der Waals surface area contributed by atoms with Crippen molar-refractivity contribution in [3.63, 3.8) is 0 Å². The standard InChI is InChI=1S/C26H32FN3O2/c1-17-11-12-20(16-23(17)29-13-4-5-14-29)28-25(31)21-9-7-15-30(19(21)3)26(32)24-18(2)8-6-10-22(24)27/h6,8,10-12,16,19,21H,4-5,7,9,13-15H2,1-3H3,(H,28,31)/t19-,21?/m0/s1. The van der Waals surface area contributed by atoms with Gasteiger partial charge in [-0.25, -0.2) is 4.39 Å². The normalized spacial score (nSPS) is 21.0.